The van der Waals surface area contributed by atoms with Crippen LogP contribution in [0.4, 0.5) is 5.69 Å². The van der Waals surface area contributed by atoms with Crippen molar-refractivity contribution in [2.24, 2.45) is 4.40 Å². The number of hydrogen-bond acceptors (Lipinski definition) is 5. The van der Waals surface area contributed by atoms with Gasteiger partial charge in [-0.05, 0) is 48.2 Å². The van der Waals surface area contributed by atoms with Crippen LogP contribution in [-0.4, -0.2) is 13.6 Å². The molecule has 5 nitrogen and oxygen atoms in total. The Balaban J connectivity index is 1.99. The number of amidine groups is 1. The lowest BCUT2D eigenvalue weighted by Crippen LogP contribution is -2.16. The number of sulfonamides is 1. The Kier molecular flexibility index (Phi) is 4.25. The number of anilines is 1. The second-order valence-electron chi connectivity index (χ2n) is 4.50. The molecule has 0 unspecified atom stereocenters. The van der Waals surface area contributed by atoms with Crippen LogP contribution in [0, 0.1) is 11.3 Å². The van der Waals surface area contributed by atoms with Gasteiger partial charge in [0, 0.05) is 15.6 Å². The first kappa shape index (κ1) is 16.1. The molecule has 1 heterocycles. The van der Waals surface area contributed by atoms with Gasteiger partial charge in [0.05, 0.1) is 10.6 Å². The molecule has 2 aromatic rings. The highest BCUT2D eigenvalue weighted by Gasteiger charge is 2.27. The molecule has 1 aliphatic rings. The Morgan fingerprint density at radius 1 is 1.17 bits per heavy atom. The highest BCUT2D eigenvalue weighted by atomic mass is 35.5. The molecule has 0 bridgehead atoms. The van der Waals surface area contributed by atoms with Crippen LogP contribution in [0.25, 0.3) is 0 Å². The first-order chi connectivity index (χ1) is 10.9. The molecule has 0 radical (unpaired) electrons. The summed E-state index contributed by atoms with van der Waals surface area (Å²) >= 11 is 12.9. The molecule has 116 valence electrons. The van der Waals surface area contributed by atoms with Crippen LogP contribution in [0.15, 0.2) is 50.6 Å². The van der Waals surface area contributed by atoms with Crippen LogP contribution in [0.1, 0.15) is 5.56 Å². The average Bonchev–Trinajstić information content (AvgIpc) is 2.48. The molecular formula is C14H7Cl2N3O2S2. The van der Waals surface area contributed by atoms with Gasteiger partial charge in [-0.2, -0.15) is 13.7 Å². The molecule has 1 N–H and O–H groups in total. The SMILES string of the molecule is N#Cc1cc2c(cc1Cl)SC(Nc1ccc(Cl)cc1)=NS2(=O)=O. The minimum absolute atomic E-state index is 0.0230. The van der Waals surface area contributed by atoms with Crippen LogP contribution < -0.4 is 5.32 Å². The van der Waals surface area contributed by atoms with E-state index in [0.717, 1.165) is 11.8 Å². The number of thioether (sulfide) groups is 1. The maximum absolute atomic E-state index is 12.3. The van der Waals surface area contributed by atoms with E-state index in [-0.39, 0.29) is 20.6 Å². The number of fused-ring (bicyclic) bond motifs is 1. The molecule has 0 spiro atoms. The third-order valence-corrected chi connectivity index (χ3v) is 6.01. The topological polar surface area (TPSA) is 82.3 Å². The number of hydrogen-bond donors (Lipinski definition) is 1. The van der Waals surface area contributed by atoms with Crippen molar-refractivity contribution in [1.29, 1.82) is 5.26 Å². The van der Waals surface area contributed by atoms with Crippen molar-refractivity contribution < 1.29 is 8.42 Å². The number of halogens is 2. The summed E-state index contributed by atoms with van der Waals surface area (Å²) in [5, 5.41) is 12.8. The molecule has 0 aliphatic carbocycles. The van der Waals surface area contributed by atoms with Gasteiger partial charge in [0.25, 0.3) is 10.0 Å². The Hall–Kier alpha value is -1.72. The van der Waals surface area contributed by atoms with E-state index in [4.69, 9.17) is 28.5 Å². The molecule has 9 heteroatoms. The van der Waals surface area contributed by atoms with Gasteiger partial charge in [0.15, 0.2) is 5.17 Å². The molecule has 0 amide bonds. The highest BCUT2D eigenvalue weighted by Crippen LogP contribution is 2.37. The normalized spacial score (nSPS) is 15.3. The zero-order valence-electron chi connectivity index (χ0n) is 11.2. The largest absolute Gasteiger partial charge is 0.334 e. The van der Waals surface area contributed by atoms with Crippen molar-refractivity contribution in [2.45, 2.75) is 9.79 Å². The number of benzene rings is 2. The van der Waals surface area contributed by atoms with Gasteiger partial charge in [0.1, 0.15) is 11.0 Å². The number of nitriles is 1. The quantitative estimate of drug-likeness (QED) is 0.800. The van der Waals surface area contributed by atoms with Crippen molar-refractivity contribution in [2.75, 3.05) is 5.32 Å². The summed E-state index contributed by atoms with van der Waals surface area (Å²) in [7, 11) is -3.90. The van der Waals surface area contributed by atoms with Gasteiger partial charge in [-0.3, -0.25) is 0 Å². The molecule has 0 atom stereocenters. The Morgan fingerprint density at radius 3 is 2.52 bits per heavy atom. The highest BCUT2D eigenvalue weighted by molar-refractivity contribution is 8.15. The predicted molar refractivity (Wildman–Crippen MR) is 91.7 cm³/mol. The Morgan fingerprint density at radius 2 is 1.87 bits per heavy atom. The summed E-state index contributed by atoms with van der Waals surface area (Å²) < 4.78 is 28.3. The maximum atomic E-state index is 12.3. The minimum atomic E-state index is -3.90. The standard InChI is InChI=1S/C14H7Cl2N3O2S2/c15-9-1-3-10(4-2-9)18-14-19-23(20,21)13-5-8(7-17)11(16)6-12(13)22-14/h1-6H,(H,18,19). The second kappa shape index (κ2) is 6.06. The van der Waals surface area contributed by atoms with Gasteiger partial charge >= 0.3 is 0 Å². The third kappa shape index (κ3) is 3.31. The lowest BCUT2D eigenvalue weighted by molar-refractivity contribution is 0.596. The number of rotatable bonds is 1. The summed E-state index contributed by atoms with van der Waals surface area (Å²) in [6.45, 7) is 0. The molecule has 0 fully saturated rings. The summed E-state index contributed by atoms with van der Waals surface area (Å²) in [5.74, 6) is 0. The van der Waals surface area contributed by atoms with Crippen molar-refractivity contribution in [1.82, 2.24) is 0 Å². The van der Waals surface area contributed by atoms with Crippen molar-refractivity contribution in [3.8, 4) is 6.07 Å². The Bertz CT molecular complexity index is 965. The van der Waals surface area contributed by atoms with E-state index in [2.05, 4.69) is 9.71 Å². The van der Waals surface area contributed by atoms with Crippen molar-refractivity contribution >= 4 is 55.8 Å². The first-order valence-corrected chi connectivity index (χ1v) is 9.19. The van der Waals surface area contributed by atoms with Crippen molar-refractivity contribution in [3.63, 3.8) is 0 Å². The van der Waals surface area contributed by atoms with Gasteiger partial charge < -0.3 is 5.32 Å². The molecule has 0 saturated carbocycles. The van der Waals surface area contributed by atoms with Crippen LogP contribution in [-0.2, 0) is 10.0 Å². The fraction of sp³-hybridized carbons (Fsp3) is 0. The molecule has 0 aromatic heterocycles. The molecule has 0 saturated heterocycles. The van der Waals surface area contributed by atoms with Gasteiger partial charge in [0.2, 0.25) is 0 Å². The van der Waals surface area contributed by atoms with Crippen molar-refractivity contribution in [3.05, 3.63) is 52.0 Å². The summed E-state index contributed by atoms with van der Waals surface area (Å²) in [6, 6.07) is 11.3. The van der Waals surface area contributed by atoms with Crippen LogP contribution in [0.2, 0.25) is 10.0 Å². The predicted octanol–water partition coefficient (Wildman–Crippen LogP) is 4.13. The minimum Gasteiger partial charge on any atom is -0.334 e. The fourth-order valence-electron chi connectivity index (χ4n) is 1.89. The van der Waals surface area contributed by atoms with E-state index < -0.39 is 10.0 Å². The van der Waals surface area contributed by atoms with Crippen LogP contribution >= 0.6 is 35.0 Å². The van der Waals surface area contributed by atoms with E-state index in [1.54, 1.807) is 24.3 Å². The van der Waals surface area contributed by atoms with Crippen LogP contribution in [0.3, 0.4) is 0 Å². The van der Waals surface area contributed by atoms with E-state index in [1.807, 2.05) is 6.07 Å². The first-order valence-electron chi connectivity index (χ1n) is 6.18. The van der Waals surface area contributed by atoms with Crippen LogP contribution in [0.5, 0.6) is 0 Å². The summed E-state index contributed by atoms with van der Waals surface area (Å²) in [6.07, 6.45) is 0. The molecular weight excluding hydrogens is 377 g/mol. The van der Waals surface area contributed by atoms with Gasteiger partial charge in [-0.25, -0.2) is 0 Å². The number of nitrogens with one attached hydrogen (secondary N) is 1. The van der Waals surface area contributed by atoms with Gasteiger partial charge in [-0.1, -0.05) is 23.2 Å². The zero-order chi connectivity index (χ0) is 16.6. The molecule has 23 heavy (non-hydrogen) atoms. The number of nitrogens with zero attached hydrogens (tertiary/aromatic N) is 2. The van der Waals surface area contributed by atoms with E-state index >= 15 is 0 Å². The molecule has 2 aromatic carbocycles. The fourth-order valence-corrected chi connectivity index (χ4v) is 4.83. The lowest BCUT2D eigenvalue weighted by atomic mass is 10.2. The summed E-state index contributed by atoms with van der Waals surface area (Å²) in [4.78, 5) is 0.394. The zero-order valence-corrected chi connectivity index (χ0v) is 14.4. The van der Waals surface area contributed by atoms with E-state index in [9.17, 15) is 8.42 Å². The summed E-state index contributed by atoms with van der Waals surface area (Å²) in [5.41, 5.74) is 0.748. The molecule has 3 rings (SSSR count). The molecule has 1 aliphatic heterocycles. The van der Waals surface area contributed by atoms with E-state index in [0.29, 0.717) is 15.6 Å². The van der Waals surface area contributed by atoms with E-state index in [1.165, 1.54) is 12.1 Å². The monoisotopic (exact) mass is 383 g/mol. The smallest absolute Gasteiger partial charge is 0.285 e. The van der Waals surface area contributed by atoms with Gasteiger partial charge in [-0.15, -0.1) is 4.40 Å². The lowest BCUT2D eigenvalue weighted by Gasteiger charge is -2.17. The second-order valence-corrected chi connectivity index (χ2v) is 7.94. The Labute approximate surface area is 147 Å². The average molecular weight is 384 g/mol. The third-order valence-electron chi connectivity index (χ3n) is 2.94. The maximum Gasteiger partial charge on any atom is 0.285 e.